The summed E-state index contributed by atoms with van der Waals surface area (Å²) >= 11 is 6.40. The minimum atomic E-state index is -1.78. The lowest BCUT2D eigenvalue weighted by Crippen LogP contribution is -2.55. The third-order valence-corrected chi connectivity index (χ3v) is 6.36. The summed E-state index contributed by atoms with van der Waals surface area (Å²) in [6.07, 6.45) is -3.21. The number of hydrogen-bond donors (Lipinski definition) is 3. The monoisotopic (exact) mass is 540 g/mol. The highest BCUT2D eigenvalue weighted by molar-refractivity contribution is 6.33. The summed E-state index contributed by atoms with van der Waals surface area (Å²) in [4.78, 5) is 31.9. The number of benzene rings is 2. The number of carbonyl (C=O) groups is 2. The summed E-state index contributed by atoms with van der Waals surface area (Å²) in [5, 5.41) is 21.9. The van der Waals surface area contributed by atoms with Gasteiger partial charge in [-0.15, -0.1) is 0 Å². The molecule has 2 amide bonds. The molecule has 2 aromatic carbocycles. The van der Waals surface area contributed by atoms with Gasteiger partial charge in [-0.1, -0.05) is 42.7 Å². The first-order valence-electron chi connectivity index (χ1n) is 11.7. The number of nitrogens with zero attached hydrogens (tertiary/aromatic N) is 4. The standard InChI is InChI=1S/C25H25ClN6O6/c1-25(2,3)24-29-22(38-31-24)15-11-13(5-7-16(15)26)32-8-9-36-19(23(32)35)18(33)21(34)28-12-4-6-14-17(10-12)37-30-20(14)27/h4-7,10-11,18-19,33H,8-9H2,1-3H3,(H2,27,30)(H,28,34)/t18?,19-/m1/s1. The normalized spacial score (nSPS) is 17.1. The number of nitrogens with two attached hydrogens (primary N) is 1. The Labute approximate surface area is 221 Å². The third kappa shape index (κ3) is 4.80. The zero-order valence-electron chi connectivity index (χ0n) is 20.8. The molecule has 0 saturated carbocycles. The van der Waals surface area contributed by atoms with Crippen LogP contribution in [0.3, 0.4) is 0 Å². The number of nitrogen functional groups attached to an aromatic ring is 1. The lowest BCUT2D eigenvalue weighted by molar-refractivity contribution is -0.150. The summed E-state index contributed by atoms with van der Waals surface area (Å²) < 4.78 is 16.0. The van der Waals surface area contributed by atoms with E-state index in [-0.39, 0.29) is 30.3 Å². The van der Waals surface area contributed by atoms with Crippen molar-refractivity contribution in [3.8, 4) is 11.5 Å². The van der Waals surface area contributed by atoms with Gasteiger partial charge in [0.1, 0.15) is 0 Å². The lowest BCUT2D eigenvalue weighted by Gasteiger charge is -2.34. The highest BCUT2D eigenvalue weighted by Gasteiger charge is 2.39. The molecule has 0 radical (unpaired) electrons. The maximum Gasteiger partial charge on any atom is 0.259 e. The second kappa shape index (κ2) is 9.71. The van der Waals surface area contributed by atoms with E-state index in [1.54, 1.807) is 30.3 Å². The number of aromatic nitrogens is 3. The molecular formula is C25H25ClN6O6. The summed E-state index contributed by atoms with van der Waals surface area (Å²) in [5.74, 6) is -0.472. The minimum Gasteiger partial charge on any atom is -0.380 e. The SMILES string of the molecule is CC(C)(C)c1noc(-c2cc(N3CCO[C@H](C(O)C(=O)Nc4ccc5c(N)noc5c4)C3=O)ccc2Cl)n1. The van der Waals surface area contributed by atoms with Gasteiger partial charge in [-0.05, 0) is 30.3 Å². The second-order valence-electron chi connectivity index (χ2n) is 9.83. The average Bonchev–Trinajstić information content (AvgIpc) is 3.52. The van der Waals surface area contributed by atoms with E-state index in [1.165, 1.54) is 11.0 Å². The molecule has 2 aromatic heterocycles. The van der Waals surface area contributed by atoms with Gasteiger partial charge in [0.2, 0.25) is 0 Å². The molecule has 2 atom stereocenters. The summed E-state index contributed by atoms with van der Waals surface area (Å²) in [5.41, 5.74) is 6.99. The van der Waals surface area contributed by atoms with Crippen molar-refractivity contribution < 1.29 is 28.5 Å². The van der Waals surface area contributed by atoms with Gasteiger partial charge < -0.3 is 34.8 Å². The molecule has 13 heteroatoms. The Balaban J connectivity index is 1.34. The van der Waals surface area contributed by atoms with Crippen molar-refractivity contribution in [2.24, 2.45) is 0 Å². The van der Waals surface area contributed by atoms with Gasteiger partial charge in [0.25, 0.3) is 17.7 Å². The van der Waals surface area contributed by atoms with Crippen molar-refractivity contribution in [3.63, 3.8) is 0 Å². The van der Waals surface area contributed by atoms with Gasteiger partial charge in [-0.2, -0.15) is 4.98 Å². The fraction of sp³-hybridized carbons (Fsp3) is 0.320. The van der Waals surface area contributed by atoms with Crippen molar-refractivity contribution in [2.45, 2.75) is 38.4 Å². The number of anilines is 3. The van der Waals surface area contributed by atoms with Crippen LogP contribution in [-0.4, -0.2) is 57.6 Å². The van der Waals surface area contributed by atoms with Crippen LogP contribution in [0.2, 0.25) is 5.02 Å². The molecule has 3 heterocycles. The van der Waals surface area contributed by atoms with E-state index in [2.05, 4.69) is 20.6 Å². The smallest absolute Gasteiger partial charge is 0.259 e. The number of amides is 2. The van der Waals surface area contributed by atoms with Gasteiger partial charge in [-0.25, -0.2) is 0 Å². The molecule has 1 unspecified atom stereocenters. The van der Waals surface area contributed by atoms with Crippen LogP contribution in [0.1, 0.15) is 26.6 Å². The van der Waals surface area contributed by atoms with Crippen LogP contribution in [-0.2, 0) is 19.7 Å². The zero-order chi connectivity index (χ0) is 27.2. The maximum atomic E-state index is 13.3. The van der Waals surface area contributed by atoms with E-state index >= 15 is 0 Å². The van der Waals surface area contributed by atoms with Crippen LogP contribution in [0.15, 0.2) is 45.4 Å². The van der Waals surface area contributed by atoms with Gasteiger partial charge in [0, 0.05) is 29.4 Å². The number of carbonyl (C=O) groups excluding carboxylic acids is 2. The molecule has 1 saturated heterocycles. The second-order valence-corrected chi connectivity index (χ2v) is 10.2. The highest BCUT2D eigenvalue weighted by atomic mass is 35.5. The molecule has 4 N–H and O–H groups in total. The number of hydrogen-bond acceptors (Lipinski definition) is 10. The molecule has 0 spiro atoms. The van der Waals surface area contributed by atoms with E-state index in [1.807, 2.05) is 20.8 Å². The largest absolute Gasteiger partial charge is 0.380 e. The van der Waals surface area contributed by atoms with Crippen LogP contribution >= 0.6 is 11.6 Å². The molecular weight excluding hydrogens is 516 g/mol. The topological polar surface area (TPSA) is 170 Å². The molecule has 1 aliphatic rings. The number of aliphatic hydroxyl groups excluding tert-OH is 1. The first kappa shape index (κ1) is 25.6. The Hall–Kier alpha value is -4.00. The third-order valence-electron chi connectivity index (χ3n) is 6.03. The summed E-state index contributed by atoms with van der Waals surface area (Å²) in [7, 11) is 0. The van der Waals surface area contributed by atoms with Gasteiger partial charge in [0.05, 0.1) is 22.6 Å². The van der Waals surface area contributed by atoms with Crippen molar-refractivity contribution in [3.05, 3.63) is 47.2 Å². The predicted molar refractivity (Wildman–Crippen MR) is 139 cm³/mol. The number of nitrogens with one attached hydrogen (secondary N) is 1. The fourth-order valence-corrected chi connectivity index (χ4v) is 4.16. The number of halogens is 1. The molecule has 38 heavy (non-hydrogen) atoms. The van der Waals surface area contributed by atoms with Crippen LogP contribution in [0.4, 0.5) is 17.2 Å². The number of rotatable bonds is 5. The van der Waals surface area contributed by atoms with Crippen molar-refractivity contribution in [1.82, 2.24) is 15.3 Å². The lowest BCUT2D eigenvalue weighted by atomic mass is 9.96. The summed E-state index contributed by atoms with van der Waals surface area (Å²) in [6.45, 7) is 6.16. The van der Waals surface area contributed by atoms with Crippen LogP contribution in [0, 0.1) is 0 Å². The molecule has 12 nitrogen and oxygen atoms in total. The van der Waals surface area contributed by atoms with Crippen LogP contribution in [0.25, 0.3) is 22.4 Å². The first-order chi connectivity index (χ1) is 18.0. The number of fused-ring (bicyclic) bond motifs is 1. The van der Waals surface area contributed by atoms with Crippen molar-refractivity contribution >= 4 is 51.6 Å². The van der Waals surface area contributed by atoms with Crippen LogP contribution < -0.4 is 16.0 Å². The Morgan fingerprint density at radius 1 is 1.21 bits per heavy atom. The molecule has 4 aromatic rings. The highest BCUT2D eigenvalue weighted by Crippen LogP contribution is 2.33. The Morgan fingerprint density at radius 3 is 2.74 bits per heavy atom. The fourth-order valence-electron chi connectivity index (χ4n) is 3.96. The van der Waals surface area contributed by atoms with E-state index in [4.69, 9.17) is 31.1 Å². The molecule has 198 valence electrons. The van der Waals surface area contributed by atoms with Gasteiger partial charge in [0.15, 0.2) is 29.4 Å². The molecule has 1 fully saturated rings. The van der Waals surface area contributed by atoms with Crippen molar-refractivity contribution in [1.29, 1.82) is 0 Å². The number of aliphatic hydroxyl groups is 1. The number of morpholine rings is 1. The molecule has 0 bridgehead atoms. The summed E-state index contributed by atoms with van der Waals surface area (Å²) in [6, 6.07) is 9.62. The molecule has 1 aliphatic heterocycles. The first-order valence-corrected chi connectivity index (χ1v) is 12.1. The zero-order valence-corrected chi connectivity index (χ0v) is 21.5. The predicted octanol–water partition coefficient (Wildman–Crippen LogP) is 3.14. The minimum absolute atomic E-state index is 0.0940. The van der Waals surface area contributed by atoms with Crippen LogP contribution in [0.5, 0.6) is 0 Å². The maximum absolute atomic E-state index is 13.3. The average molecular weight is 541 g/mol. The van der Waals surface area contributed by atoms with E-state index in [0.717, 1.165) is 0 Å². The quantitative estimate of drug-likeness (QED) is 0.341. The van der Waals surface area contributed by atoms with Gasteiger partial charge >= 0.3 is 0 Å². The number of ether oxygens (including phenoxy) is 1. The van der Waals surface area contributed by atoms with E-state index in [0.29, 0.717) is 38.8 Å². The van der Waals surface area contributed by atoms with Crippen molar-refractivity contribution in [2.75, 3.05) is 29.1 Å². The molecule has 5 rings (SSSR count). The van der Waals surface area contributed by atoms with Gasteiger partial charge in [-0.3, -0.25) is 9.59 Å². The Bertz CT molecular complexity index is 1530. The van der Waals surface area contributed by atoms with E-state index in [9.17, 15) is 14.7 Å². The Morgan fingerprint density at radius 2 is 2.00 bits per heavy atom. The molecule has 0 aliphatic carbocycles. The Kier molecular flexibility index (Phi) is 6.55. The van der Waals surface area contributed by atoms with E-state index < -0.39 is 24.0 Å².